The summed E-state index contributed by atoms with van der Waals surface area (Å²) >= 11 is 0. The maximum atomic E-state index is 13.4. The van der Waals surface area contributed by atoms with Gasteiger partial charge in [0.15, 0.2) is 0 Å². The van der Waals surface area contributed by atoms with E-state index in [-0.39, 0.29) is 42.5 Å². The minimum absolute atomic E-state index is 0.00814. The van der Waals surface area contributed by atoms with Gasteiger partial charge in [0.05, 0.1) is 11.6 Å². The molecule has 1 aliphatic carbocycles. The molecule has 3 aliphatic heterocycles. The van der Waals surface area contributed by atoms with E-state index in [4.69, 9.17) is 0 Å². The van der Waals surface area contributed by atoms with Crippen LogP contribution in [0.3, 0.4) is 0 Å². The van der Waals surface area contributed by atoms with Crippen molar-refractivity contribution in [3.8, 4) is 0 Å². The summed E-state index contributed by atoms with van der Waals surface area (Å²) < 4.78 is 26.7. The van der Waals surface area contributed by atoms with Crippen molar-refractivity contribution in [3.05, 3.63) is 0 Å². The quantitative estimate of drug-likeness (QED) is 0.769. The zero-order chi connectivity index (χ0) is 17.1. The molecule has 4 aliphatic rings. The van der Waals surface area contributed by atoms with Crippen molar-refractivity contribution >= 4 is 5.91 Å². The molecule has 1 spiro atoms. The third-order valence-corrected chi connectivity index (χ3v) is 6.56. The molecule has 3 heterocycles. The molecule has 0 aromatic carbocycles. The van der Waals surface area contributed by atoms with Crippen LogP contribution < -0.4 is 0 Å². The molecule has 24 heavy (non-hydrogen) atoms. The highest BCUT2D eigenvalue weighted by atomic mass is 19.3. The van der Waals surface area contributed by atoms with Gasteiger partial charge in [-0.05, 0) is 19.3 Å². The third-order valence-electron chi connectivity index (χ3n) is 6.56. The molecule has 0 aromatic rings. The van der Waals surface area contributed by atoms with Crippen molar-refractivity contribution < 1.29 is 18.7 Å². The highest BCUT2D eigenvalue weighted by molar-refractivity contribution is 5.73. The summed E-state index contributed by atoms with van der Waals surface area (Å²) in [7, 11) is 0. The zero-order valence-corrected chi connectivity index (χ0v) is 14.3. The fourth-order valence-electron chi connectivity index (χ4n) is 5.29. The molecule has 1 amide bonds. The number of aliphatic hydroxyl groups is 1. The van der Waals surface area contributed by atoms with E-state index in [9.17, 15) is 18.7 Å². The SMILES string of the molecule is CC(=O)N1C[C@@H]2C[C@@H](O)CN2C2(C1)CN(C1CCC(F)(F)CC1)C2. The van der Waals surface area contributed by atoms with Crippen LogP contribution in [0.1, 0.15) is 39.0 Å². The number of hydrogen-bond acceptors (Lipinski definition) is 4. The van der Waals surface area contributed by atoms with Gasteiger partial charge in [0.25, 0.3) is 0 Å². The highest BCUT2D eigenvalue weighted by Crippen LogP contribution is 2.43. The van der Waals surface area contributed by atoms with Gasteiger partial charge in [-0.1, -0.05) is 0 Å². The maximum absolute atomic E-state index is 13.4. The Labute approximate surface area is 141 Å². The number of piperazine rings is 1. The lowest BCUT2D eigenvalue weighted by molar-refractivity contribution is -0.157. The molecular formula is C17H27F2N3O2. The molecule has 0 radical (unpaired) electrons. The van der Waals surface area contributed by atoms with Gasteiger partial charge in [0, 0.05) is 64.6 Å². The summed E-state index contributed by atoms with van der Waals surface area (Å²) in [5.41, 5.74) is -0.0912. The Morgan fingerprint density at radius 2 is 1.75 bits per heavy atom. The van der Waals surface area contributed by atoms with Crippen LogP contribution in [0.4, 0.5) is 8.78 Å². The molecule has 0 aromatic heterocycles. The van der Waals surface area contributed by atoms with Crippen LogP contribution in [0.25, 0.3) is 0 Å². The molecular weight excluding hydrogens is 316 g/mol. The van der Waals surface area contributed by atoms with E-state index >= 15 is 0 Å². The Balaban J connectivity index is 1.44. The van der Waals surface area contributed by atoms with E-state index in [1.54, 1.807) is 6.92 Å². The Hall–Kier alpha value is -0.790. The van der Waals surface area contributed by atoms with E-state index in [2.05, 4.69) is 9.80 Å². The van der Waals surface area contributed by atoms with Crippen molar-refractivity contribution in [1.29, 1.82) is 0 Å². The van der Waals surface area contributed by atoms with Gasteiger partial charge in [-0.3, -0.25) is 14.6 Å². The van der Waals surface area contributed by atoms with Crippen LogP contribution in [0.5, 0.6) is 0 Å². The number of carbonyl (C=O) groups excluding carboxylic acids is 1. The second-order valence-corrected chi connectivity index (χ2v) is 8.31. The van der Waals surface area contributed by atoms with Crippen LogP contribution >= 0.6 is 0 Å². The number of fused-ring (bicyclic) bond motifs is 2. The summed E-state index contributed by atoms with van der Waals surface area (Å²) in [6.45, 7) is 5.34. The van der Waals surface area contributed by atoms with Crippen molar-refractivity contribution in [2.75, 3.05) is 32.7 Å². The summed E-state index contributed by atoms with van der Waals surface area (Å²) in [5.74, 6) is -2.40. The fourth-order valence-corrected chi connectivity index (χ4v) is 5.29. The molecule has 7 heteroatoms. The van der Waals surface area contributed by atoms with Crippen molar-refractivity contribution in [1.82, 2.24) is 14.7 Å². The van der Waals surface area contributed by atoms with Gasteiger partial charge in [-0.2, -0.15) is 0 Å². The molecule has 4 rings (SSSR count). The second-order valence-electron chi connectivity index (χ2n) is 8.31. The standard InChI is InChI=1S/C17H27F2N3O2/c1-12(23)20-7-14-6-15(24)8-22(14)16(9-20)10-21(11-16)13-2-4-17(18,19)5-3-13/h13-15,24H,2-11H2,1H3/t14-,15+/m0/s1. The predicted molar refractivity (Wildman–Crippen MR) is 84.9 cm³/mol. The monoisotopic (exact) mass is 343 g/mol. The molecule has 136 valence electrons. The summed E-state index contributed by atoms with van der Waals surface area (Å²) in [4.78, 5) is 18.5. The average Bonchev–Trinajstić information content (AvgIpc) is 2.84. The number of rotatable bonds is 1. The number of β-amino-alcohol motifs (C(OH)–C–C–N with tert-alkyl or cyclic N) is 1. The second kappa shape index (κ2) is 5.61. The lowest BCUT2D eigenvalue weighted by atomic mass is 9.80. The highest BCUT2D eigenvalue weighted by Gasteiger charge is 2.57. The number of likely N-dealkylation sites (tertiary alicyclic amines) is 1. The van der Waals surface area contributed by atoms with Crippen molar-refractivity contribution in [2.45, 2.75) is 68.7 Å². The van der Waals surface area contributed by atoms with Gasteiger partial charge in [0.2, 0.25) is 11.8 Å². The largest absolute Gasteiger partial charge is 0.392 e. The molecule has 3 saturated heterocycles. The van der Waals surface area contributed by atoms with E-state index in [0.29, 0.717) is 32.5 Å². The lowest BCUT2D eigenvalue weighted by Crippen LogP contribution is -2.79. The maximum Gasteiger partial charge on any atom is 0.248 e. The van der Waals surface area contributed by atoms with Gasteiger partial charge in [-0.25, -0.2) is 8.78 Å². The zero-order valence-electron chi connectivity index (χ0n) is 14.3. The first-order valence-corrected chi connectivity index (χ1v) is 9.10. The normalized spacial score (nSPS) is 36.6. The number of amides is 1. The van der Waals surface area contributed by atoms with E-state index in [0.717, 1.165) is 19.5 Å². The van der Waals surface area contributed by atoms with Crippen molar-refractivity contribution in [3.63, 3.8) is 0 Å². The van der Waals surface area contributed by atoms with Crippen LogP contribution in [-0.4, -0.2) is 88.1 Å². The van der Waals surface area contributed by atoms with Gasteiger partial charge in [-0.15, -0.1) is 0 Å². The average molecular weight is 343 g/mol. The Morgan fingerprint density at radius 3 is 2.38 bits per heavy atom. The Bertz CT molecular complexity index is 514. The first kappa shape index (κ1) is 16.7. The number of hydrogen-bond donors (Lipinski definition) is 1. The fraction of sp³-hybridized carbons (Fsp3) is 0.941. The number of nitrogens with zero attached hydrogens (tertiary/aromatic N) is 3. The molecule has 5 nitrogen and oxygen atoms in total. The number of aliphatic hydroxyl groups excluding tert-OH is 1. The summed E-state index contributed by atoms with van der Waals surface area (Å²) in [6, 6.07) is 0.476. The number of halogens is 2. The first-order valence-electron chi connectivity index (χ1n) is 9.10. The Kier molecular flexibility index (Phi) is 3.89. The molecule has 2 atom stereocenters. The van der Waals surface area contributed by atoms with E-state index in [1.807, 2.05) is 4.90 Å². The molecule has 0 unspecified atom stereocenters. The summed E-state index contributed by atoms with van der Waals surface area (Å²) in [5, 5.41) is 10.1. The number of carbonyl (C=O) groups is 1. The summed E-state index contributed by atoms with van der Waals surface area (Å²) in [6.07, 6.45) is 1.51. The minimum Gasteiger partial charge on any atom is -0.392 e. The van der Waals surface area contributed by atoms with Gasteiger partial charge < -0.3 is 10.0 Å². The molecule has 4 fully saturated rings. The van der Waals surface area contributed by atoms with E-state index < -0.39 is 5.92 Å². The first-order chi connectivity index (χ1) is 11.3. The van der Waals surface area contributed by atoms with Crippen LogP contribution in [0.15, 0.2) is 0 Å². The smallest absolute Gasteiger partial charge is 0.248 e. The lowest BCUT2D eigenvalue weighted by Gasteiger charge is -2.63. The molecule has 1 N–H and O–H groups in total. The minimum atomic E-state index is -2.49. The van der Waals surface area contributed by atoms with Crippen molar-refractivity contribution in [2.24, 2.45) is 0 Å². The third kappa shape index (κ3) is 2.74. The van der Waals surface area contributed by atoms with Crippen LogP contribution in [0.2, 0.25) is 0 Å². The van der Waals surface area contributed by atoms with E-state index in [1.165, 1.54) is 0 Å². The van der Waals surface area contributed by atoms with Crippen LogP contribution in [-0.2, 0) is 4.79 Å². The van der Waals surface area contributed by atoms with Gasteiger partial charge in [0.1, 0.15) is 0 Å². The molecule has 1 saturated carbocycles. The number of alkyl halides is 2. The van der Waals surface area contributed by atoms with Gasteiger partial charge >= 0.3 is 0 Å². The predicted octanol–water partition coefficient (Wildman–Crippen LogP) is 0.916. The topological polar surface area (TPSA) is 47.0 Å². The molecule has 0 bridgehead atoms. The Morgan fingerprint density at radius 1 is 1.08 bits per heavy atom. The van der Waals surface area contributed by atoms with Crippen LogP contribution in [0, 0.1) is 0 Å².